The standard InChI is InChI=1S/C16H25NOSi/c1-6-19(7-2,8-3)16-11-13-9-10-14(18-5)12-15(13)17(16)4/h9-12H,6-8H2,1-5H3. The summed E-state index contributed by atoms with van der Waals surface area (Å²) < 4.78 is 7.75. The van der Waals surface area contributed by atoms with E-state index in [4.69, 9.17) is 4.74 Å². The molecule has 19 heavy (non-hydrogen) atoms. The average Bonchev–Trinajstić information content (AvgIpc) is 2.79. The minimum Gasteiger partial charge on any atom is -0.497 e. The number of fused-ring (bicyclic) bond motifs is 1. The highest BCUT2D eigenvalue weighted by Gasteiger charge is 2.32. The molecule has 0 saturated carbocycles. The van der Waals surface area contributed by atoms with Crippen LogP contribution in [-0.2, 0) is 7.05 Å². The lowest BCUT2D eigenvalue weighted by Gasteiger charge is -2.28. The van der Waals surface area contributed by atoms with Gasteiger partial charge in [0.15, 0.2) is 0 Å². The summed E-state index contributed by atoms with van der Waals surface area (Å²) in [5, 5.41) is 2.92. The zero-order valence-corrected chi connectivity index (χ0v) is 13.8. The monoisotopic (exact) mass is 275 g/mol. The van der Waals surface area contributed by atoms with Crippen molar-refractivity contribution in [1.82, 2.24) is 4.57 Å². The van der Waals surface area contributed by atoms with E-state index in [1.807, 2.05) is 0 Å². The first kappa shape index (κ1) is 14.2. The SMILES string of the molecule is CC[Si](CC)(CC)c1cc2ccc(OC)cc2n1C. The molecule has 104 valence electrons. The molecular formula is C16H25NOSi. The van der Waals surface area contributed by atoms with E-state index >= 15 is 0 Å². The van der Waals surface area contributed by atoms with Crippen molar-refractivity contribution in [2.45, 2.75) is 38.9 Å². The van der Waals surface area contributed by atoms with Gasteiger partial charge >= 0.3 is 0 Å². The lowest BCUT2D eigenvalue weighted by atomic mass is 10.2. The highest BCUT2D eigenvalue weighted by Crippen LogP contribution is 2.26. The zero-order valence-electron chi connectivity index (χ0n) is 12.8. The molecule has 3 heteroatoms. The van der Waals surface area contributed by atoms with E-state index in [1.165, 1.54) is 29.0 Å². The second-order valence-electron chi connectivity index (χ2n) is 5.35. The Kier molecular flexibility index (Phi) is 4.04. The van der Waals surface area contributed by atoms with E-state index in [0.717, 1.165) is 5.75 Å². The molecule has 0 atom stereocenters. The normalized spacial score (nSPS) is 12.1. The lowest BCUT2D eigenvalue weighted by Crippen LogP contribution is -2.48. The molecule has 0 fully saturated rings. The van der Waals surface area contributed by atoms with E-state index in [0.29, 0.717) is 0 Å². The summed E-state index contributed by atoms with van der Waals surface area (Å²) in [6.07, 6.45) is 0. The van der Waals surface area contributed by atoms with E-state index in [-0.39, 0.29) is 0 Å². The van der Waals surface area contributed by atoms with Crippen LogP contribution in [0.1, 0.15) is 20.8 Å². The number of methoxy groups -OCH3 is 1. The average molecular weight is 275 g/mol. The van der Waals surface area contributed by atoms with Crippen LogP contribution in [0.2, 0.25) is 18.1 Å². The molecule has 2 rings (SSSR count). The van der Waals surface area contributed by atoms with Crippen molar-refractivity contribution in [1.29, 1.82) is 0 Å². The molecule has 0 aliphatic carbocycles. The van der Waals surface area contributed by atoms with Gasteiger partial charge in [-0.15, -0.1) is 0 Å². The molecule has 0 aliphatic rings. The van der Waals surface area contributed by atoms with Gasteiger partial charge in [-0.05, 0) is 23.6 Å². The summed E-state index contributed by atoms with van der Waals surface area (Å²) in [6, 6.07) is 12.8. The zero-order chi connectivity index (χ0) is 14.0. The summed E-state index contributed by atoms with van der Waals surface area (Å²) in [6.45, 7) is 7.08. The third kappa shape index (κ3) is 2.20. The third-order valence-corrected chi connectivity index (χ3v) is 10.5. The molecule has 0 aliphatic heterocycles. The molecule has 1 aromatic carbocycles. The van der Waals surface area contributed by atoms with E-state index in [1.54, 1.807) is 12.4 Å². The van der Waals surface area contributed by atoms with Gasteiger partial charge in [0.2, 0.25) is 0 Å². The van der Waals surface area contributed by atoms with Gasteiger partial charge in [0.1, 0.15) is 13.8 Å². The fourth-order valence-corrected chi connectivity index (χ4v) is 7.12. The predicted octanol–water partition coefficient (Wildman–Crippen LogP) is 3.90. The highest BCUT2D eigenvalue weighted by molar-refractivity contribution is 6.91. The van der Waals surface area contributed by atoms with Crippen molar-refractivity contribution in [3.63, 3.8) is 0 Å². The maximum Gasteiger partial charge on any atom is 0.120 e. The molecule has 0 bridgehead atoms. The largest absolute Gasteiger partial charge is 0.497 e. The number of rotatable bonds is 5. The van der Waals surface area contributed by atoms with E-state index in [9.17, 15) is 0 Å². The molecule has 0 saturated heterocycles. The number of aromatic nitrogens is 1. The summed E-state index contributed by atoms with van der Waals surface area (Å²) in [5.74, 6) is 0.942. The van der Waals surface area contributed by atoms with Gasteiger partial charge in [0.05, 0.1) is 12.6 Å². The number of hydrogen-bond acceptors (Lipinski definition) is 1. The van der Waals surface area contributed by atoms with Crippen molar-refractivity contribution < 1.29 is 4.74 Å². The maximum atomic E-state index is 5.35. The van der Waals surface area contributed by atoms with E-state index < -0.39 is 8.07 Å². The van der Waals surface area contributed by atoms with Gasteiger partial charge < -0.3 is 9.30 Å². The Morgan fingerprint density at radius 2 is 1.68 bits per heavy atom. The molecule has 0 N–H and O–H groups in total. The van der Waals surface area contributed by atoms with Crippen LogP contribution < -0.4 is 10.1 Å². The fourth-order valence-electron chi connectivity index (χ4n) is 3.24. The van der Waals surface area contributed by atoms with Crippen LogP contribution in [0.25, 0.3) is 10.9 Å². The Balaban J connectivity index is 2.65. The van der Waals surface area contributed by atoms with E-state index in [2.05, 4.69) is 56.7 Å². The molecule has 2 nitrogen and oxygen atoms in total. The second kappa shape index (κ2) is 5.41. The quantitative estimate of drug-likeness (QED) is 0.755. The van der Waals surface area contributed by atoms with Crippen LogP contribution in [0.3, 0.4) is 0 Å². The molecule has 1 heterocycles. The van der Waals surface area contributed by atoms with Crippen LogP contribution in [-0.4, -0.2) is 19.8 Å². The van der Waals surface area contributed by atoms with Gasteiger partial charge in [0, 0.05) is 18.4 Å². The molecule has 0 unspecified atom stereocenters. The second-order valence-corrected chi connectivity index (χ2v) is 10.5. The van der Waals surface area contributed by atoms with Crippen molar-refractivity contribution in [3.8, 4) is 5.75 Å². The molecule has 0 amide bonds. The van der Waals surface area contributed by atoms with Crippen LogP contribution in [0.4, 0.5) is 0 Å². The van der Waals surface area contributed by atoms with Crippen molar-refractivity contribution in [3.05, 3.63) is 24.3 Å². The van der Waals surface area contributed by atoms with Gasteiger partial charge in [-0.3, -0.25) is 0 Å². The Morgan fingerprint density at radius 1 is 1.05 bits per heavy atom. The molecular weight excluding hydrogens is 250 g/mol. The van der Waals surface area contributed by atoms with Crippen LogP contribution in [0.5, 0.6) is 5.75 Å². The van der Waals surface area contributed by atoms with Gasteiger partial charge in [-0.2, -0.15) is 0 Å². The topological polar surface area (TPSA) is 14.2 Å². The maximum absolute atomic E-state index is 5.35. The first-order valence-electron chi connectivity index (χ1n) is 7.25. The Morgan fingerprint density at radius 3 is 2.21 bits per heavy atom. The number of ether oxygens (including phenoxy) is 1. The third-order valence-electron chi connectivity index (χ3n) is 4.83. The first-order chi connectivity index (χ1) is 9.11. The first-order valence-corrected chi connectivity index (χ1v) is 9.88. The minimum atomic E-state index is -1.33. The van der Waals surface area contributed by atoms with Crippen LogP contribution in [0.15, 0.2) is 24.3 Å². The summed E-state index contributed by atoms with van der Waals surface area (Å²) in [7, 11) is 2.61. The van der Waals surface area contributed by atoms with Gasteiger partial charge in [0.25, 0.3) is 0 Å². The molecule has 0 radical (unpaired) electrons. The Bertz CT molecular complexity index is 561. The molecule has 1 aromatic heterocycles. The summed E-state index contributed by atoms with van der Waals surface area (Å²) >= 11 is 0. The minimum absolute atomic E-state index is 0.942. The van der Waals surface area contributed by atoms with Gasteiger partial charge in [-0.25, -0.2) is 0 Å². The molecule has 0 spiro atoms. The summed E-state index contributed by atoms with van der Waals surface area (Å²) in [4.78, 5) is 0. The van der Waals surface area contributed by atoms with Crippen molar-refractivity contribution >= 4 is 24.3 Å². The predicted molar refractivity (Wildman–Crippen MR) is 86.3 cm³/mol. The fraction of sp³-hybridized carbons (Fsp3) is 0.500. The van der Waals surface area contributed by atoms with Gasteiger partial charge in [-0.1, -0.05) is 38.9 Å². The van der Waals surface area contributed by atoms with Crippen molar-refractivity contribution in [2.75, 3.05) is 7.11 Å². The Hall–Kier alpha value is -1.22. The summed E-state index contributed by atoms with van der Waals surface area (Å²) in [5.41, 5.74) is 1.29. The number of aryl methyl sites for hydroxylation is 1. The Labute approximate surface area is 117 Å². The van der Waals surface area contributed by atoms with Crippen LogP contribution >= 0.6 is 0 Å². The van der Waals surface area contributed by atoms with Crippen molar-refractivity contribution in [2.24, 2.45) is 7.05 Å². The molecule has 2 aromatic rings. The number of nitrogens with zero attached hydrogens (tertiary/aromatic N) is 1. The lowest BCUT2D eigenvalue weighted by molar-refractivity contribution is 0.415. The smallest absolute Gasteiger partial charge is 0.120 e. The number of hydrogen-bond donors (Lipinski definition) is 0. The highest BCUT2D eigenvalue weighted by atomic mass is 28.3. The van der Waals surface area contributed by atoms with Crippen LogP contribution in [0, 0.1) is 0 Å². The number of benzene rings is 1.